The van der Waals surface area contributed by atoms with Crippen LogP contribution in [0.4, 0.5) is 0 Å². The van der Waals surface area contributed by atoms with E-state index in [1.807, 2.05) is 29.2 Å². The van der Waals surface area contributed by atoms with Gasteiger partial charge in [0.25, 0.3) is 5.91 Å². The molecule has 2 aliphatic heterocycles. The minimum absolute atomic E-state index is 0. The van der Waals surface area contributed by atoms with Gasteiger partial charge in [0, 0.05) is 18.2 Å². The van der Waals surface area contributed by atoms with Gasteiger partial charge >= 0.3 is 0 Å². The zero-order valence-electron chi connectivity index (χ0n) is 14.9. The van der Waals surface area contributed by atoms with Crippen molar-refractivity contribution in [2.45, 2.75) is 32.2 Å². The molecule has 0 aliphatic carbocycles. The number of methoxy groups -OCH3 is 1. The van der Waals surface area contributed by atoms with Crippen LogP contribution in [-0.4, -0.2) is 50.2 Å². The molecule has 5 nitrogen and oxygen atoms in total. The van der Waals surface area contributed by atoms with Crippen LogP contribution in [-0.2, 0) is 4.79 Å². The van der Waals surface area contributed by atoms with Gasteiger partial charge in [-0.3, -0.25) is 4.79 Å². The van der Waals surface area contributed by atoms with Gasteiger partial charge in [-0.15, -0.1) is 12.4 Å². The largest absolute Gasteiger partial charge is 0.493 e. The summed E-state index contributed by atoms with van der Waals surface area (Å²) in [4.78, 5) is 15.1. The Labute approximate surface area is 155 Å². The fourth-order valence-corrected chi connectivity index (χ4v) is 3.46. The molecule has 1 N–H and O–H groups in total. The van der Waals surface area contributed by atoms with Crippen LogP contribution in [0.25, 0.3) is 6.08 Å². The van der Waals surface area contributed by atoms with Gasteiger partial charge in [0.15, 0.2) is 11.5 Å². The number of nitrogens with zero attached hydrogens (tertiary/aromatic N) is 1. The van der Waals surface area contributed by atoms with Crippen LogP contribution >= 0.6 is 12.4 Å². The van der Waals surface area contributed by atoms with Crippen molar-refractivity contribution in [2.24, 2.45) is 0 Å². The van der Waals surface area contributed by atoms with Crippen molar-refractivity contribution >= 4 is 24.4 Å². The molecular formula is C19H27ClN2O3. The number of para-hydroxylation sites is 1. The van der Waals surface area contributed by atoms with Gasteiger partial charge in [0.2, 0.25) is 0 Å². The Kier molecular flexibility index (Phi) is 7.14. The summed E-state index contributed by atoms with van der Waals surface area (Å²) in [6.07, 6.45) is 4.95. The van der Waals surface area contributed by atoms with E-state index in [9.17, 15) is 4.79 Å². The lowest BCUT2D eigenvalue weighted by atomic mass is 10.0. The summed E-state index contributed by atoms with van der Waals surface area (Å²) in [7, 11) is 1.63. The van der Waals surface area contributed by atoms with Crippen molar-refractivity contribution in [3.63, 3.8) is 0 Å². The minimum Gasteiger partial charge on any atom is -0.493 e. The van der Waals surface area contributed by atoms with Crippen LogP contribution in [0, 0.1) is 0 Å². The molecule has 25 heavy (non-hydrogen) atoms. The van der Waals surface area contributed by atoms with E-state index in [0.717, 1.165) is 55.8 Å². The van der Waals surface area contributed by atoms with Gasteiger partial charge in [-0.2, -0.15) is 0 Å². The highest BCUT2D eigenvalue weighted by molar-refractivity contribution is 5.99. The van der Waals surface area contributed by atoms with Gasteiger partial charge in [0.1, 0.15) is 6.61 Å². The van der Waals surface area contributed by atoms with Crippen LogP contribution in [0.2, 0.25) is 0 Å². The molecule has 1 saturated heterocycles. The summed E-state index contributed by atoms with van der Waals surface area (Å²) in [5.41, 5.74) is 1.63. The van der Waals surface area contributed by atoms with Crippen molar-refractivity contribution in [2.75, 3.05) is 33.4 Å². The third-order valence-corrected chi connectivity index (χ3v) is 4.68. The monoisotopic (exact) mass is 366 g/mol. The molecular weight excluding hydrogens is 340 g/mol. The number of benzene rings is 1. The Morgan fingerprint density at radius 2 is 2.12 bits per heavy atom. The van der Waals surface area contributed by atoms with Crippen LogP contribution < -0.4 is 14.8 Å². The molecule has 1 amide bonds. The third-order valence-electron chi connectivity index (χ3n) is 4.68. The Bertz CT molecular complexity index is 627. The zero-order chi connectivity index (χ0) is 16.9. The number of carbonyl (C=O) groups is 1. The molecule has 1 aromatic rings. The normalized spacial score (nSPS) is 16.8. The molecule has 138 valence electrons. The Morgan fingerprint density at radius 3 is 2.80 bits per heavy atom. The van der Waals surface area contributed by atoms with E-state index < -0.39 is 0 Å². The highest BCUT2D eigenvalue weighted by Crippen LogP contribution is 2.36. The fourth-order valence-electron chi connectivity index (χ4n) is 3.46. The lowest BCUT2D eigenvalue weighted by Crippen LogP contribution is -2.47. The second-order valence-electron chi connectivity index (χ2n) is 6.32. The van der Waals surface area contributed by atoms with Crippen molar-refractivity contribution in [3.05, 3.63) is 29.3 Å². The molecule has 0 aromatic heterocycles. The summed E-state index contributed by atoms with van der Waals surface area (Å²) >= 11 is 0. The molecule has 0 atom stereocenters. The molecule has 1 fully saturated rings. The Morgan fingerprint density at radius 1 is 1.36 bits per heavy atom. The lowest BCUT2D eigenvalue weighted by Gasteiger charge is -2.35. The number of hydrogen-bond acceptors (Lipinski definition) is 4. The van der Waals surface area contributed by atoms with Crippen molar-refractivity contribution in [1.82, 2.24) is 10.2 Å². The first-order chi connectivity index (χ1) is 11.7. The molecule has 0 saturated carbocycles. The molecule has 6 heteroatoms. The third kappa shape index (κ3) is 4.28. The second kappa shape index (κ2) is 9.11. The first kappa shape index (κ1) is 19.6. The number of ether oxygens (including phenoxy) is 2. The molecule has 2 heterocycles. The summed E-state index contributed by atoms with van der Waals surface area (Å²) in [5, 5.41) is 3.36. The maximum Gasteiger partial charge on any atom is 0.253 e. The van der Waals surface area contributed by atoms with E-state index in [-0.39, 0.29) is 18.3 Å². The number of carbonyl (C=O) groups excluding carboxylic acids is 1. The number of hydrogen-bond donors (Lipinski definition) is 1. The summed E-state index contributed by atoms with van der Waals surface area (Å²) in [5.74, 6) is 1.54. The van der Waals surface area contributed by atoms with Crippen LogP contribution in [0.1, 0.15) is 31.7 Å². The van der Waals surface area contributed by atoms with E-state index in [4.69, 9.17) is 9.47 Å². The minimum atomic E-state index is 0. The molecule has 0 radical (unpaired) electrons. The maximum atomic E-state index is 13.1. The van der Waals surface area contributed by atoms with Gasteiger partial charge in [-0.1, -0.05) is 19.1 Å². The maximum absolute atomic E-state index is 13.1. The highest BCUT2D eigenvalue weighted by Gasteiger charge is 2.29. The van der Waals surface area contributed by atoms with Gasteiger partial charge in [-0.25, -0.2) is 0 Å². The number of piperidine rings is 1. The number of amides is 1. The van der Waals surface area contributed by atoms with Gasteiger partial charge in [0.05, 0.1) is 12.7 Å². The average Bonchev–Trinajstić information content (AvgIpc) is 2.65. The Hall–Kier alpha value is -1.72. The fraction of sp³-hybridized carbons (Fsp3) is 0.526. The molecule has 0 bridgehead atoms. The summed E-state index contributed by atoms with van der Waals surface area (Å²) < 4.78 is 11.2. The molecule has 1 aromatic carbocycles. The van der Waals surface area contributed by atoms with Crippen molar-refractivity contribution in [1.29, 1.82) is 0 Å². The zero-order valence-corrected chi connectivity index (χ0v) is 15.7. The molecule has 0 unspecified atom stereocenters. The SMILES string of the molecule is CCCN(C(=O)C1=Cc2cccc(OC)c2OC1)C1CCNCC1.Cl. The molecule has 0 spiro atoms. The first-order valence-electron chi connectivity index (χ1n) is 8.76. The second-order valence-corrected chi connectivity index (χ2v) is 6.32. The smallest absolute Gasteiger partial charge is 0.253 e. The van der Waals surface area contributed by atoms with Gasteiger partial charge in [-0.05, 0) is 44.5 Å². The number of rotatable bonds is 5. The molecule has 2 aliphatic rings. The first-order valence-corrected chi connectivity index (χ1v) is 8.76. The number of nitrogens with one attached hydrogen (secondary N) is 1. The standard InChI is InChI=1S/C19H26N2O3.ClH/c1-3-11-21(16-7-9-20-10-8-16)19(22)15-12-14-5-4-6-17(23-2)18(14)24-13-15;/h4-6,12,16,20H,3,7-11,13H2,1-2H3;1H. The van der Waals surface area contributed by atoms with Crippen molar-refractivity contribution in [3.8, 4) is 11.5 Å². The topological polar surface area (TPSA) is 50.8 Å². The van der Waals surface area contributed by atoms with E-state index in [1.165, 1.54) is 0 Å². The van der Waals surface area contributed by atoms with Crippen LogP contribution in [0.3, 0.4) is 0 Å². The quantitative estimate of drug-likeness (QED) is 0.870. The molecule has 3 rings (SSSR count). The van der Waals surface area contributed by atoms with Crippen LogP contribution in [0.5, 0.6) is 11.5 Å². The lowest BCUT2D eigenvalue weighted by molar-refractivity contribution is -0.130. The van der Waals surface area contributed by atoms with E-state index >= 15 is 0 Å². The van der Waals surface area contributed by atoms with E-state index in [1.54, 1.807) is 7.11 Å². The van der Waals surface area contributed by atoms with Gasteiger partial charge < -0.3 is 19.7 Å². The Balaban J connectivity index is 0.00000225. The predicted octanol–water partition coefficient (Wildman–Crippen LogP) is 2.88. The van der Waals surface area contributed by atoms with Crippen molar-refractivity contribution < 1.29 is 14.3 Å². The predicted molar refractivity (Wildman–Crippen MR) is 102 cm³/mol. The number of halogens is 1. The average molecular weight is 367 g/mol. The van der Waals surface area contributed by atoms with Crippen LogP contribution in [0.15, 0.2) is 23.8 Å². The number of fused-ring (bicyclic) bond motifs is 1. The van der Waals surface area contributed by atoms with E-state index in [0.29, 0.717) is 18.4 Å². The summed E-state index contributed by atoms with van der Waals surface area (Å²) in [6, 6.07) is 6.07. The van der Waals surface area contributed by atoms with E-state index in [2.05, 4.69) is 12.2 Å². The summed E-state index contributed by atoms with van der Waals surface area (Å²) in [6.45, 7) is 5.18. The highest BCUT2D eigenvalue weighted by atomic mass is 35.5.